The van der Waals surface area contributed by atoms with E-state index in [1.165, 1.54) is 0 Å². The van der Waals surface area contributed by atoms with Crippen molar-refractivity contribution >= 4 is 17.5 Å². The Labute approximate surface area is 99.1 Å². The van der Waals surface area contributed by atoms with Gasteiger partial charge in [0.25, 0.3) is 5.91 Å². The van der Waals surface area contributed by atoms with Crippen LogP contribution in [0.15, 0.2) is 36.2 Å². The Hall–Kier alpha value is -2.10. The summed E-state index contributed by atoms with van der Waals surface area (Å²) >= 11 is 0. The van der Waals surface area contributed by atoms with Crippen LogP contribution in [0.4, 0.5) is 5.69 Å². The second kappa shape index (κ2) is 3.45. The topological polar surface area (TPSA) is 40.6 Å². The number of benzene rings is 1. The van der Waals surface area contributed by atoms with E-state index in [4.69, 9.17) is 0 Å². The van der Waals surface area contributed by atoms with E-state index in [-0.39, 0.29) is 18.4 Å². The van der Waals surface area contributed by atoms with Crippen LogP contribution in [0.25, 0.3) is 0 Å². The molecule has 0 radical (unpaired) electrons. The highest BCUT2D eigenvalue weighted by Crippen LogP contribution is 2.31. The molecule has 17 heavy (non-hydrogen) atoms. The molecule has 4 nitrogen and oxygen atoms in total. The molecule has 1 fully saturated rings. The van der Waals surface area contributed by atoms with Crippen molar-refractivity contribution in [1.29, 1.82) is 0 Å². The summed E-state index contributed by atoms with van der Waals surface area (Å²) in [5, 5.41) is 0. The van der Waals surface area contributed by atoms with Crippen molar-refractivity contribution < 1.29 is 9.59 Å². The third-order valence-electron chi connectivity index (χ3n) is 3.10. The number of carbonyl (C=O) groups excluding carboxylic acids is 2. The summed E-state index contributed by atoms with van der Waals surface area (Å²) in [7, 11) is 0. The maximum atomic E-state index is 11.9. The molecule has 0 saturated carbocycles. The zero-order chi connectivity index (χ0) is 12.0. The summed E-state index contributed by atoms with van der Waals surface area (Å²) in [4.78, 5) is 26.6. The molecule has 1 aromatic carbocycles. The first kappa shape index (κ1) is 10.1. The van der Waals surface area contributed by atoms with Gasteiger partial charge in [0.1, 0.15) is 12.4 Å². The number of amides is 2. The largest absolute Gasteiger partial charge is 0.288 e. The van der Waals surface area contributed by atoms with Crippen LogP contribution in [0.1, 0.15) is 12.0 Å². The van der Waals surface area contributed by atoms with Crippen LogP contribution in [-0.4, -0.2) is 23.3 Å². The molecule has 2 aliphatic heterocycles. The Morgan fingerprint density at radius 2 is 1.76 bits per heavy atom. The van der Waals surface area contributed by atoms with E-state index < -0.39 is 0 Å². The van der Waals surface area contributed by atoms with Crippen molar-refractivity contribution in [2.45, 2.75) is 13.3 Å². The van der Waals surface area contributed by atoms with Crippen LogP contribution < -0.4 is 4.90 Å². The first-order valence-corrected chi connectivity index (χ1v) is 5.57. The maximum absolute atomic E-state index is 11.9. The van der Waals surface area contributed by atoms with Crippen molar-refractivity contribution in [2.24, 2.45) is 0 Å². The highest BCUT2D eigenvalue weighted by atomic mass is 16.2. The molecule has 1 aromatic rings. The number of fused-ring (bicyclic) bond motifs is 1. The van der Waals surface area contributed by atoms with E-state index in [0.29, 0.717) is 12.2 Å². The average molecular weight is 228 g/mol. The maximum Gasteiger partial charge on any atom is 0.252 e. The molecular formula is C13H12N2O2. The van der Waals surface area contributed by atoms with Gasteiger partial charge in [0, 0.05) is 6.42 Å². The van der Waals surface area contributed by atoms with Crippen molar-refractivity contribution in [3.63, 3.8) is 0 Å². The summed E-state index contributed by atoms with van der Waals surface area (Å²) in [6, 6.07) is 7.73. The van der Waals surface area contributed by atoms with Gasteiger partial charge < -0.3 is 0 Å². The van der Waals surface area contributed by atoms with Crippen LogP contribution in [0.3, 0.4) is 0 Å². The number of carbonyl (C=O) groups is 2. The minimum absolute atomic E-state index is 0.00274. The molecule has 2 amide bonds. The number of anilines is 1. The molecule has 86 valence electrons. The predicted molar refractivity (Wildman–Crippen MR) is 63.1 cm³/mol. The molecule has 3 rings (SSSR count). The second-order valence-corrected chi connectivity index (χ2v) is 4.31. The van der Waals surface area contributed by atoms with Gasteiger partial charge in [-0.1, -0.05) is 17.7 Å². The van der Waals surface area contributed by atoms with Gasteiger partial charge in [-0.15, -0.1) is 0 Å². The number of hydrogen-bond donors (Lipinski definition) is 0. The predicted octanol–water partition coefficient (Wildman–Crippen LogP) is 1.42. The molecule has 0 aromatic heterocycles. The standard InChI is InChI=1S/C13H12N2O2/c1-9-2-4-10(5-3-9)15-11-6-7-12(16)14(11)8-13(15)17/h2-6H,7-8H2,1H3. The Bertz CT molecular complexity index is 531. The van der Waals surface area contributed by atoms with Crippen molar-refractivity contribution in [2.75, 3.05) is 11.4 Å². The first-order chi connectivity index (χ1) is 8.16. The molecule has 4 heteroatoms. The molecule has 2 heterocycles. The van der Waals surface area contributed by atoms with E-state index in [1.807, 2.05) is 37.3 Å². The minimum atomic E-state index is -0.0480. The molecule has 1 saturated heterocycles. The summed E-state index contributed by atoms with van der Waals surface area (Å²) in [5.74, 6) is 0.667. The number of hydrogen-bond acceptors (Lipinski definition) is 2. The smallest absolute Gasteiger partial charge is 0.252 e. The quantitative estimate of drug-likeness (QED) is 0.729. The lowest BCUT2D eigenvalue weighted by molar-refractivity contribution is -0.128. The second-order valence-electron chi connectivity index (χ2n) is 4.31. The van der Waals surface area contributed by atoms with Crippen molar-refractivity contribution in [3.8, 4) is 0 Å². The third kappa shape index (κ3) is 1.45. The van der Waals surface area contributed by atoms with Crippen molar-refractivity contribution in [3.05, 3.63) is 41.7 Å². The normalized spacial score (nSPS) is 18.8. The van der Waals surface area contributed by atoms with Gasteiger partial charge in [-0.05, 0) is 25.1 Å². The van der Waals surface area contributed by atoms with Gasteiger partial charge in [0.15, 0.2) is 0 Å². The van der Waals surface area contributed by atoms with Crippen LogP contribution in [-0.2, 0) is 9.59 Å². The third-order valence-corrected chi connectivity index (χ3v) is 3.10. The number of rotatable bonds is 1. The average Bonchev–Trinajstić information content (AvgIpc) is 2.81. The van der Waals surface area contributed by atoms with Gasteiger partial charge in [0.05, 0.1) is 5.69 Å². The molecule has 0 N–H and O–H groups in total. The van der Waals surface area contributed by atoms with Gasteiger partial charge in [0.2, 0.25) is 5.91 Å². The molecule has 0 unspecified atom stereocenters. The fourth-order valence-corrected chi connectivity index (χ4v) is 2.21. The van der Waals surface area contributed by atoms with E-state index in [0.717, 1.165) is 11.3 Å². The van der Waals surface area contributed by atoms with Gasteiger partial charge in [-0.2, -0.15) is 0 Å². The Morgan fingerprint density at radius 1 is 1.06 bits per heavy atom. The minimum Gasteiger partial charge on any atom is -0.288 e. The first-order valence-electron chi connectivity index (χ1n) is 5.57. The molecular weight excluding hydrogens is 216 g/mol. The zero-order valence-corrected chi connectivity index (χ0v) is 9.51. The highest BCUT2D eigenvalue weighted by Gasteiger charge is 2.39. The van der Waals surface area contributed by atoms with E-state index >= 15 is 0 Å². The Balaban J connectivity index is 2.01. The lowest BCUT2D eigenvalue weighted by Crippen LogP contribution is -2.23. The fourth-order valence-electron chi connectivity index (χ4n) is 2.21. The highest BCUT2D eigenvalue weighted by molar-refractivity contribution is 6.05. The van der Waals surface area contributed by atoms with E-state index in [1.54, 1.807) is 9.80 Å². The Morgan fingerprint density at radius 3 is 2.47 bits per heavy atom. The van der Waals surface area contributed by atoms with E-state index in [2.05, 4.69) is 0 Å². The monoisotopic (exact) mass is 228 g/mol. The van der Waals surface area contributed by atoms with Crippen LogP contribution in [0.2, 0.25) is 0 Å². The van der Waals surface area contributed by atoms with Gasteiger partial charge in [-0.3, -0.25) is 19.4 Å². The van der Waals surface area contributed by atoms with E-state index in [9.17, 15) is 9.59 Å². The van der Waals surface area contributed by atoms with Gasteiger partial charge in [-0.25, -0.2) is 0 Å². The Kier molecular flexibility index (Phi) is 2.04. The lowest BCUT2D eigenvalue weighted by Gasteiger charge is -2.18. The summed E-state index contributed by atoms with van der Waals surface area (Å²) in [6.07, 6.45) is 2.21. The SMILES string of the molecule is Cc1ccc(N2C(=O)CN3C(=O)CC=C32)cc1. The summed E-state index contributed by atoms with van der Waals surface area (Å²) in [6.45, 7) is 2.17. The zero-order valence-electron chi connectivity index (χ0n) is 9.51. The summed E-state index contributed by atoms with van der Waals surface area (Å²) < 4.78 is 0. The van der Waals surface area contributed by atoms with Crippen LogP contribution in [0, 0.1) is 6.92 Å². The van der Waals surface area contributed by atoms with Crippen LogP contribution in [0.5, 0.6) is 0 Å². The number of aryl methyl sites for hydroxylation is 1. The summed E-state index contributed by atoms with van der Waals surface area (Å²) in [5.41, 5.74) is 1.97. The molecule has 0 atom stereocenters. The van der Waals surface area contributed by atoms with Crippen molar-refractivity contribution in [1.82, 2.24) is 4.90 Å². The lowest BCUT2D eigenvalue weighted by atomic mass is 10.2. The fraction of sp³-hybridized carbons (Fsp3) is 0.231. The molecule has 0 aliphatic carbocycles. The van der Waals surface area contributed by atoms with Gasteiger partial charge >= 0.3 is 0 Å². The molecule has 0 spiro atoms. The number of nitrogens with zero attached hydrogens (tertiary/aromatic N) is 2. The van der Waals surface area contributed by atoms with Crippen LogP contribution >= 0.6 is 0 Å². The molecule has 0 bridgehead atoms. The molecule has 2 aliphatic rings.